The molecule has 0 aromatic rings. The van der Waals surface area contributed by atoms with E-state index < -0.39 is 0 Å². The first-order chi connectivity index (χ1) is 7.33. The molecule has 2 aliphatic rings. The fraction of sp³-hybridized carbons (Fsp3) is 0.727. The van der Waals surface area contributed by atoms with E-state index in [4.69, 9.17) is 4.74 Å². The van der Waals surface area contributed by atoms with Gasteiger partial charge in [-0.05, 0) is 24.3 Å². The molecule has 0 unspecified atom stereocenters. The second-order valence-electron chi connectivity index (χ2n) is 3.83. The van der Waals surface area contributed by atoms with Crippen molar-refractivity contribution in [3.63, 3.8) is 0 Å². The quantitative estimate of drug-likeness (QED) is 0.551. The number of rotatable bonds is 2. The van der Waals surface area contributed by atoms with Gasteiger partial charge in [0.1, 0.15) is 0 Å². The van der Waals surface area contributed by atoms with Crippen molar-refractivity contribution in [3.05, 3.63) is 12.2 Å². The van der Waals surface area contributed by atoms with Gasteiger partial charge in [0, 0.05) is 5.92 Å². The standard InChI is InChI=1S/C11H16O2S2/c1-13-10(12)8-4-2-5-9(8)11-14-6-3-7-15-11/h2,5,8-9,11H,3-4,6-7H2,1H3/t8-,9-/m0/s1. The summed E-state index contributed by atoms with van der Waals surface area (Å²) in [7, 11) is 1.48. The first-order valence-electron chi connectivity index (χ1n) is 5.30. The second kappa shape index (κ2) is 5.30. The molecule has 1 aliphatic heterocycles. The molecule has 0 saturated carbocycles. The van der Waals surface area contributed by atoms with Gasteiger partial charge in [-0.15, -0.1) is 23.5 Å². The van der Waals surface area contributed by atoms with Crippen molar-refractivity contribution < 1.29 is 9.53 Å². The smallest absolute Gasteiger partial charge is 0.309 e. The zero-order valence-corrected chi connectivity index (χ0v) is 10.5. The Hall–Kier alpha value is -0.0900. The lowest BCUT2D eigenvalue weighted by Crippen LogP contribution is -2.28. The van der Waals surface area contributed by atoms with Crippen molar-refractivity contribution in [1.82, 2.24) is 0 Å². The fourth-order valence-corrected chi connectivity index (χ4v) is 5.32. The first-order valence-corrected chi connectivity index (χ1v) is 7.40. The largest absolute Gasteiger partial charge is 0.469 e. The van der Waals surface area contributed by atoms with Gasteiger partial charge in [0.2, 0.25) is 0 Å². The summed E-state index contributed by atoms with van der Waals surface area (Å²) in [4.78, 5) is 11.6. The highest BCUT2D eigenvalue weighted by Crippen LogP contribution is 2.43. The van der Waals surface area contributed by atoms with Gasteiger partial charge in [-0.25, -0.2) is 0 Å². The average molecular weight is 244 g/mol. The molecule has 4 heteroatoms. The van der Waals surface area contributed by atoms with E-state index in [1.54, 1.807) is 0 Å². The second-order valence-corrected chi connectivity index (χ2v) is 6.63. The van der Waals surface area contributed by atoms with Gasteiger partial charge in [0.25, 0.3) is 0 Å². The number of carbonyl (C=O) groups is 1. The van der Waals surface area contributed by atoms with Crippen LogP contribution in [0.15, 0.2) is 12.2 Å². The molecule has 2 rings (SSSR count). The molecule has 1 fully saturated rings. The maximum Gasteiger partial charge on any atom is 0.309 e. The summed E-state index contributed by atoms with van der Waals surface area (Å²) in [5.41, 5.74) is 0. The lowest BCUT2D eigenvalue weighted by molar-refractivity contribution is -0.146. The van der Waals surface area contributed by atoms with Gasteiger partial charge in [0.15, 0.2) is 0 Å². The molecule has 2 atom stereocenters. The van der Waals surface area contributed by atoms with Crippen LogP contribution in [0.5, 0.6) is 0 Å². The maximum absolute atomic E-state index is 11.6. The topological polar surface area (TPSA) is 26.3 Å². The molecule has 1 saturated heterocycles. The molecule has 0 N–H and O–H groups in total. The van der Waals surface area contributed by atoms with E-state index in [-0.39, 0.29) is 11.9 Å². The lowest BCUT2D eigenvalue weighted by atomic mass is 9.97. The number of esters is 1. The molecular formula is C11H16O2S2. The van der Waals surface area contributed by atoms with Crippen molar-refractivity contribution in [2.45, 2.75) is 17.4 Å². The Kier molecular flexibility index (Phi) is 4.03. The number of hydrogen-bond donors (Lipinski definition) is 0. The zero-order valence-electron chi connectivity index (χ0n) is 8.85. The predicted octanol–water partition coefficient (Wildman–Crippen LogP) is 2.55. The summed E-state index contributed by atoms with van der Waals surface area (Å²) in [6.45, 7) is 0. The Labute approximate surface area is 99.2 Å². The van der Waals surface area contributed by atoms with E-state index in [0.29, 0.717) is 10.5 Å². The molecule has 84 valence electrons. The van der Waals surface area contributed by atoms with E-state index in [1.807, 2.05) is 23.5 Å². The zero-order chi connectivity index (χ0) is 10.7. The molecule has 0 bridgehead atoms. The number of hydrogen-bond acceptors (Lipinski definition) is 4. The minimum atomic E-state index is -0.0447. The monoisotopic (exact) mass is 244 g/mol. The Morgan fingerprint density at radius 3 is 2.80 bits per heavy atom. The van der Waals surface area contributed by atoms with Crippen LogP contribution in [0, 0.1) is 11.8 Å². The Morgan fingerprint density at radius 1 is 1.40 bits per heavy atom. The summed E-state index contributed by atoms with van der Waals surface area (Å²) in [5, 5.41) is 0. The highest BCUT2D eigenvalue weighted by atomic mass is 32.2. The van der Waals surface area contributed by atoms with Gasteiger partial charge in [-0.3, -0.25) is 4.79 Å². The fourth-order valence-electron chi connectivity index (χ4n) is 2.09. The van der Waals surface area contributed by atoms with Crippen LogP contribution in [-0.4, -0.2) is 29.2 Å². The minimum Gasteiger partial charge on any atom is -0.469 e. The number of methoxy groups -OCH3 is 1. The summed E-state index contributed by atoms with van der Waals surface area (Å²) >= 11 is 3.99. The molecule has 1 heterocycles. The normalized spacial score (nSPS) is 31.8. The van der Waals surface area contributed by atoms with Crippen molar-refractivity contribution >= 4 is 29.5 Å². The van der Waals surface area contributed by atoms with E-state index in [2.05, 4.69) is 12.2 Å². The number of thioether (sulfide) groups is 2. The van der Waals surface area contributed by atoms with Crippen LogP contribution in [0.25, 0.3) is 0 Å². The van der Waals surface area contributed by atoms with Gasteiger partial charge < -0.3 is 4.74 Å². The van der Waals surface area contributed by atoms with E-state index in [1.165, 1.54) is 25.0 Å². The van der Waals surface area contributed by atoms with Crippen LogP contribution in [0.4, 0.5) is 0 Å². The van der Waals surface area contributed by atoms with E-state index >= 15 is 0 Å². The molecule has 2 nitrogen and oxygen atoms in total. The number of allylic oxidation sites excluding steroid dienone is 2. The van der Waals surface area contributed by atoms with Crippen LogP contribution < -0.4 is 0 Å². The van der Waals surface area contributed by atoms with Gasteiger partial charge in [-0.1, -0.05) is 12.2 Å². The Balaban J connectivity index is 1.99. The third kappa shape index (κ3) is 2.53. The Morgan fingerprint density at radius 2 is 2.13 bits per heavy atom. The van der Waals surface area contributed by atoms with Crippen LogP contribution in [-0.2, 0) is 9.53 Å². The third-order valence-corrected chi connectivity index (χ3v) is 6.03. The highest BCUT2D eigenvalue weighted by molar-refractivity contribution is 8.17. The van der Waals surface area contributed by atoms with Gasteiger partial charge in [-0.2, -0.15) is 0 Å². The summed E-state index contributed by atoms with van der Waals surface area (Å²) < 4.78 is 5.41. The third-order valence-electron chi connectivity index (χ3n) is 2.88. The lowest BCUT2D eigenvalue weighted by Gasteiger charge is -2.28. The van der Waals surface area contributed by atoms with Crippen LogP contribution in [0.1, 0.15) is 12.8 Å². The Bertz CT molecular complexity index is 259. The predicted molar refractivity (Wildman–Crippen MR) is 66.1 cm³/mol. The van der Waals surface area contributed by atoms with Crippen molar-refractivity contribution in [2.75, 3.05) is 18.6 Å². The average Bonchev–Trinajstić information content (AvgIpc) is 2.78. The molecular weight excluding hydrogens is 228 g/mol. The van der Waals surface area contributed by atoms with Gasteiger partial charge in [0.05, 0.1) is 17.6 Å². The molecule has 0 spiro atoms. The van der Waals surface area contributed by atoms with Gasteiger partial charge >= 0.3 is 5.97 Å². The summed E-state index contributed by atoms with van der Waals surface area (Å²) in [6.07, 6.45) is 6.49. The van der Waals surface area contributed by atoms with Crippen LogP contribution in [0.3, 0.4) is 0 Å². The summed E-state index contributed by atoms with van der Waals surface area (Å²) in [5.74, 6) is 2.87. The van der Waals surface area contributed by atoms with Crippen LogP contribution in [0.2, 0.25) is 0 Å². The molecule has 0 radical (unpaired) electrons. The van der Waals surface area contributed by atoms with Crippen LogP contribution >= 0.6 is 23.5 Å². The molecule has 1 aliphatic carbocycles. The SMILES string of the molecule is COC(=O)[C@H]1CC=C[C@@H]1C1SCCCS1. The van der Waals surface area contributed by atoms with Crippen molar-refractivity contribution in [1.29, 1.82) is 0 Å². The first kappa shape index (κ1) is 11.4. The number of carbonyl (C=O) groups excluding carboxylic acids is 1. The molecule has 0 aromatic carbocycles. The highest BCUT2D eigenvalue weighted by Gasteiger charge is 2.36. The maximum atomic E-state index is 11.6. The molecule has 0 amide bonds. The molecule has 15 heavy (non-hydrogen) atoms. The van der Waals surface area contributed by atoms with E-state index in [9.17, 15) is 4.79 Å². The molecule has 0 aromatic heterocycles. The summed E-state index contributed by atoms with van der Waals surface area (Å²) in [6, 6.07) is 0. The number of ether oxygens (including phenoxy) is 1. The van der Waals surface area contributed by atoms with Crippen molar-refractivity contribution in [3.8, 4) is 0 Å². The minimum absolute atomic E-state index is 0.0447. The van der Waals surface area contributed by atoms with E-state index in [0.717, 1.165) is 6.42 Å². The van der Waals surface area contributed by atoms with Crippen molar-refractivity contribution in [2.24, 2.45) is 11.8 Å².